The summed E-state index contributed by atoms with van der Waals surface area (Å²) in [4.78, 5) is 11.6. The molecular weight excluding hydrogens is 252 g/mol. The van der Waals surface area contributed by atoms with Crippen molar-refractivity contribution in [1.29, 1.82) is 0 Å². The number of carbonyl (C=O) groups excluding carboxylic acids is 1. The minimum Gasteiger partial charge on any atom is -0.461 e. The summed E-state index contributed by atoms with van der Waals surface area (Å²) in [5.41, 5.74) is 2.14. The number of hydrogen-bond acceptors (Lipinski definition) is 3. The van der Waals surface area contributed by atoms with E-state index >= 15 is 0 Å². The van der Waals surface area contributed by atoms with Gasteiger partial charge in [0.1, 0.15) is 0 Å². The van der Waals surface area contributed by atoms with Gasteiger partial charge < -0.3 is 4.74 Å². The second kappa shape index (κ2) is 5.23. The van der Waals surface area contributed by atoms with E-state index in [1.54, 1.807) is 17.8 Å². The Morgan fingerprint density at radius 1 is 1.39 bits per heavy atom. The van der Waals surface area contributed by atoms with Crippen molar-refractivity contribution in [3.8, 4) is 5.69 Å². The number of nitrogens with zero attached hydrogens (tertiary/aromatic N) is 2. The SMILES string of the molecule is CCOC(=O)c1nn(-c2ccc(C)cc2)cc1Cl. The van der Waals surface area contributed by atoms with Crippen LogP contribution in [0.2, 0.25) is 5.02 Å². The number of rotatable bonds is 3. The topological polar surface area (TPSA) is 44.1 Å². The molecule has 2 rings (SSSR count). The Morgan fingerprint density at radius 2 is 2.06 bits per heavy atom. The van der Waals surface area contributed by atoms with E-state index in [1.807, 2.05) is 31.2 Å². The van der Waals surface area contributed by atoms with E-state index in [-0.39, 0.29) is 10.7 Å². The van der Waals surface area contributed by atoms with Gasteiger partial charge >= 0.3 is 5.97 Å². The Kier molecular flexibility index (Phi) is 3.67. The third kappa shape index (κ3) is 2.54. The Labute approximate surface area is 110 Å². The van der Waals surface area contributed by atoms with Crippen LogP contribution in [0.15, 0.2) is 30.5 Å². The van der Waals surface area contributed by atoms with Crippen molar-refractivity contribution >= 4 is 17.6 Å². The Morgan fingerprint density at radius 3 is 2.67 bits per heavy atom. The quantitative estimate of drug-likeness (QED) is 0.801. The van der Waals surface area contributed by atoms with Gasteiger partial charge in [-0.2, -0.15) is 5.10 Å². The lowest BCUT2D eigenvalue weighted by Gasteiger charge is -2.01. The number of ether oxygens (including phenoxy) is 1. The molecule has 2 aromatic rings. The van der Waals surface area contributed by atoms with Crippen LogP contribution in [0, 0.1) is 6.92 Å². The molecule has 18 heavy (non-hydrogen) atoms. The van der Waals surface area contributed by atoms with Crippen LogP contribution < -0.4 is 0 Å². The standard InChI is InChI=1S/C13H13ClN2O2/c1-3-18-13(17)12-11(14)8-16(15-12)10-6-4-9(2)5-7-10/h4-8H,3H2,1-2H3. The van der Waals surface area contributed by atoms with Crippen molar-refractivity contribution in [3.05, 3.63) is 46.7 Å². The summed E-state index contributed by atoms with van der Waals surface area (Å²) in [6.45, 7) is 4.04. The van der Waals surface area contributed by atoms with Crippen molar-refractivity contribution in [2.45, 2.75) is 13.8 Å². The largest absolute Gasteiger partial charge is 0.461 e. The third-order valence-electron chi connectivity index (χ3n) is 2.44. The van der Waals surface area contributed by atoms with Gasteiger partial charge in [0.05, 0.1) is 23.5 Å². The zero-order valence-corrected chi connectivity index (χ0v) is 10.9. The average Bonchev–Trinajstić information content (AvgIpc) is 2.72. The molecule has 4 nitrogen and oxygen atoms in total. The molecule has 94 valence electrons. The monoisotopic (exact) mass is 264 g/mol. The normalized spacial score (nSPS) is 10.4. The van der Waals surface area contributed by atoms with Crippen molar-refractivity contribution in [2.24, 2.45) is 0 Å². The van der Waals surface area contributed by atoms with Crippen LogP contribution in [-0.2, 0) is 4.74 Å². The Hall–Kier alpha value is -1.81. The van der Waals surface area contributed by atoms with Gasteiger partial charge in [0.2, 0.25) is 0 Å². The number of aryl methyl sites for hydroxylation is 1. The molecule has 1 aromatic heterocycles. The maximum Gasteiger partial charge on any atom is 0.360 e. The van der Waals surface area contributed by atoms with Gasteiger partial charge in [-0.25, -0.2) is 9.48 Å². The van der Waals surface area contributed by atoms with E-state index in [9.17, 15) is 4.79 Å². The number of benzene rings is 1. The van der Waals surface area contributed by atoms with Crippen molar-refractivity contribution < 1.29 is 9.53 Å². The highest BCUT2D eigenvalue weighted by atomic mass is 35.5. The lowest BCUT2D eigenvalue weighted by molar-refractivity contribution is 0.0519. The molecule has 0 aliphatic rings. The van der Waals surface area contributed by atoms with Gasteiger partial charge in [-0.15, -0.1) is 0 Å². The van der Waals surface area contributed by atoms with Crippen molar-refractivity contribution in [2.75, 3.05) is 6.61 Å². The van der Waals surface area contributed by atoms with E-state index in [2.05, 4.69) is 5.10 Å². The summed E-state index contributed by atoms with van der Waals surface area (Å²) < 4.78 is 6.44. The first-order valence-electron chi connectivity index (χ1n) is 5.61. The molecule has 0 atom stereocenters. The van der Waals surface area contributed by atoms with Crippen LogP contribution in [0.3, 0.4) is 0 Å². The van der Waals surface area contributed by atoms with E-state index < -0.39 is 5.97 Å². The van der Waals surface area contributed by atoms with E-state index in [4.69, 9.17) is 16.3 Å². The predicted octanol–water partition coefficient (Wildman–Crippen LogP) is 3.01. The second-order valence-corrected chi connectivity index (χ2v) is 4.23. The van der Waals surface area contributed by atoms with Gasteiger partial charge in [-0.05, 0) is 26.0 Å². The van der Waals surface area contributed by atoms with Crippen LogP contribution in [-0.4, -0.2) is 22.4 Å². The fraction of sp³-hybridized carbons (Fsp3) is 0.231. The smallest absolute Gasteiger partial charge is 0.360 e. The summed E-state index contributed by atoms with van der Waals surface area (Å²) in [5.74, 6) is -0.506. The van der Waals surface area contributed by atoms with Crippen LogP contribution >= 0.6 is 11.6 Å². The molecule has 0 spiro atoms. The first-order chi connectivity index (χ1) is 8.61. The first-order valence-corrected chi connectivity index (χ1v) is 5.99. The summed E-state index contributed by atoms with van der Waals surface area (Å²) in [6, 6.07) is 7.76. The fourth-order valence-electron chi connectivity index (χ4n) is 1.52. The minimum absolute atomic E-state index is 0.138. The highest BCUT2D eigenvalue weighted by Gasteiger charge is 2.17. The first kappa shape index (κ1) is 12.6. The highest BCUT2D eigenvalue weighted by molar-refractivity contribution is 6.33. The van der Waals surface area contributed by atoms with Crippen LogP contribution in [0.4, 0.5) is 0 Å². The zero-order valence-electron chi connectivity index (χ0n) is 10.2. The highest BCUT2D eigenvalue weighted by Crippen LogP contribution is 2.18. The zero-order chi connectivity index (χ0) is 13.1. The lowest BCUT2D eigenvalue weighted by Crippen LogP contribution is -2.07. The molecule has 0 fully saturated rings. The molecule has 5 heteroatoms. The molecule has 0 unspecified atom stereocenters. The summed E-state index contributed by atoms with van der Waals surface area (Å²) >= 11 is 5.97. The number of aromatic nitrogens is 2. The molecule has 0 bridgehead atoms. The summed E-state index contributed by atoms with van der Waals surface area (Å²) in [7, 11) is 0. The molecule has 1 heterocycles. The van der Waals surface area contributed by atoms with Crippen molar-refractivity contribution in [3.63, 3.8) is 0 Å². The van der Waals surface area contributed by atoms with Crippen LogP contribution in [0.25, 0.3) is 5.69 Å². The van der Waals surface area contributed by atoms with E-state index in [1.165, 1.54) is 0 Å². The number of esters is 1. The lowest BCUT2D eigenvalue weighted by atomic mass is 10.2. The maximum absolute atomic E-state index is 11.6. The molecular formula is C13H13ClN2O2. The molecule has 0 saturated carbocycles. The molecule has 0 saturated heterocycles. The number of hydrogen-bond donors (Lipinski definition) is 0. The Balaban J connectivity index is 2.34. The van der Waals surface area contributed by atoms with Crippen LogP contribution in [0.5, 0.6) is 0 Å². The van der Waals surface area contributed by atoms with Gasteiger partial charge in [0.15, 0.2) is 5.69 Å². The minimum atomic E-state index is -0.506. The van der Waals surface area contributed by atoms with Gasteiger partial charge in [0, 0.05) is 0 Å². The molecule has 0 N–H and O–H groups in total. The second-order valence-electron chi connectivity index (χ2n) is 3.83. The van der Waals surface area contributed by atoms with E-state index in [0.29, 0.717) is 6.61 Å². The third-order valence-corrected chi connectivity index (χ3v) is 2.71. The van der Waals surface area contributed by atoms with E-state index in [0.717, 1.165) is 11.3 Å². The number of carbonyl (C=O) groups is 1. The van der Waals surface area contributed by atoms with Crippen molar-refractivity contribution in [1.82, 2.24) is 9.78 Å². The summed E-state index contributed by atoms with van der Waals surface area (Å²) in [5, 5.41) is 4.42. The van der Waals surface area contributed by atoms with Gasteiger partial charge in [-0.3, -0.25) is 0 Å². The molecule has 0 amide bonds. The number of halogens is 1. The van der Waals surface area contributed by atoms with Crippen LogP contribution in [0.1, 0.15) is 23.0 Å². The average molecular weight is 265 g/mol. The summed E-state index contributed by atoms with van der Waals surface area (Å²) in [6.07, 6.45) is 1.60. The van der Waals surface area contributed by atoms with Gasteiger partial charge in [0.25, 0.3) is 0 Å². The Bertz CT molecular complexity index is 561. The maximum atomic E-state index is 11.6. The molecule has 0 aliphatic heterocycles. The fourth-order valence-corrected chi connectivity index (χ4v) is 1.73. The predicted molar refractivity (Wildman–Crippen MR) is 69.3 cm³/mol. The molecule has 0 radical (unpaired) electrons. The molecule has 1 aromatic carbocycles. The van der Waals surface area contributed by atoms with Gasteiger partial charge in [-0.1, -0.05) is 29.3 Å². The molecule has 0 aliphatic carbocycles.